The van der Waals surface area contributed by atoms with Gasteiger partial charge >= 0.3 is 37.7 Å². The van der Waals surface area contributed by atoms with Crippen molar-refractivity contribution >= 4 is 53.0 Å². The summed E-state index contributed by atoms with van der Waals surface area (Å²) in [5.74, 6) is 0. The quantitative estimate of drug-likeness (QED) is 0.351. The Morgan fingerprint density at radius 3 is 1.33 bits per heavy atom. The zero-order valence-electron chi connectivity index (χ0n) is 5.71. The Kier molecular flexibility index (Phi) is 25.2. The largest absolute Gasteiger partial charge is 2.00 e. The van der Waals surface area contributed by atoms with Crippen molar-refractivity contribution in [3.8, 4) is 0 Å². The van der Waals surface area contributed by atoms with E-state index in [4.69, 9.17) is 0 Å². The van der Waals surface area contributed by atoms with Crippen LogP contribution in [0.15, 0.2) is 0 Å². The second kappa shape index (κ2) is 13.0. The fraction of sp³-hybridized carbons (Fsp3) is 1.00. The number of halogens is 2. The summed E-state index contributed by atoms with van der Waals surface area (Å²) in [6, 6.07) is 0. The summed E-state index contributed by atoms with van der Waals surface area (Å²) < 4.78 is 0. The topological polar surface area (TPSA) is 0 Å². The Balaban J connectivity index is -0.000000120. The van der Waals surface area contributed by atoms with Crippen LogP contribution in [0.3, 0.4) is 0 Å². The summed E-state index contributed by atoms with van der Waals surface area (Å²) in [5.41, 5.74) is 0. The van der Waals surface area contributed by atoms with Gasteiger partial charge in [0.2, 0.25) is 15.2 Å². The number of hydrogen-bond acceptors (Lipinski definition) is 0. The summed E-state index contributed by atoms with van der Waals surface area (Å²) in [6.07, 6.45) is 4.66. The molecule has 1 aliphatic rings. The molecule has 0 amide bonds. The zero-order valence-corrected chi connectivity index (χ0v) is 10.8. The summed E-state index contributed by atoms with van der Waals surface area (Å²) in [4.78, 5) is 0. The van der Waals surface area contributed by atoms with Crippen molar-refractivity contribution in [3.63, 3.8) is 0 Å². The predicted molar refractivity (Wildman–Crippen MR) is 36.4 cm³/mol. The molecule has 0 aromatic carbocycles. The standard InChI is InChI=1S/C5H10.Al.Ca.2ClH.H/c1-3-5-4-2;;;;;/h1-5H2;;;2*1H;/q;;+2;;;/p-2. The first-order valence-corrected chi connectivity index (χ1v) is 5.00. The van der Waals surface area contributed by atoms with E-state index in [-0.39, 0.29) is 62.6 Å². The molecule has 0 aliphatic carbocycles. The number of hydrogen-bond donors (Lipinski definition) is 0. The van der Waals surface area contributed by atoms with Crippen LogP contribution in [-0.2, 0) is 0 Å². The van der Waals surface area contributed by atoms with Crippen molar-refractivity contribution in [1.82, 2.24) is 0 Å². The van der Waals surface area contributed by atoms with Gasteiger partial charge in [0.05, 0.1) is 0 Å². The average molecular weight is 209 g/mol. The second-order valence-electron chi connectivity index (χ2n) is 2.12. The van der Waals surface area contributed by atoms with E-state index < -0.39 is 0 Å². The predicted octanol–water partition coefficient (Wildman–Crippen LogP) is -4.93. The Labute approximate surface area is 106 Å². The second-order valence-corrected chi connectivity index (χ2v) is 4.24. The monoisotopic (exact) mass is 208 g/mol. The maximum Gasteiger partial charge on any atom is 2.00 e. The molecule has 1 aliphatic heterocycles. The van der Waals surface area contributed by atoms with Gasteiger partial charge in [-0.1, -0.05) is 29.8 Å². The van der Waals surface area contributed by atoms with Crippen molar-refractivity contribution in [3.05, 3.63) is 0 Å². The molecule has 50 valence electrons. The molecular formula is C5H11AlCaCl2. The van der Waals surface area contributed by atoms with Crippen LogP contribution in [0.25, 0.3) is 0 Å². The van der Waals surface area contributed by atoms with Crippen molar-refractivity contribution in [2.75, 3.05) is 0 Å². The van der Waals surface area contributed by atoms with Gasteiger partial charge in [0, 0.05) is 0 Å². The van der Waals surface area contributed by atoms with Gasteiger partial charge in [0.25, 0.3) is 0 Å². The molecule has 0 aromatic heterocycles. The van der Waals surface area contributed by atoms with E-state index in [1.54, 1.807) is 23.4 Å². The Bertz CT molecular complexity index is 30.4. The van der Waals surface area contributed by atoms with E-state index in [1.807, 2.05) is 0 Å². The van der Waals surface area contributed by atoms with E-state index in [2.05, 4.69) is 0 Å². The zero-order chi connectivity index (χ0) is 4.24. The normalized spacial score (nSPS) is 15.1. The maximum absolute atomic E-state index is 1.64. The van der Waals surface area contributed by atoms with Crippen molar-refractivity contribution in [1.29, 1.82) is 0 Å². The minimum absolute atomic E-state index is 0. The molecule has 0 bridgehead atoms. The van der Waals surface area contributed by atoms with E-state index in [0.717, 1.165) is 0 Å². The van der Waals surface area contributed by atoms with Gasteiger partial charge < -0.3 is 24.8 Å². The van der Waals surface area contributed by atoms with Gasteiger partial charge in [-0.3, -0.25) is 0 Å². The van der Waals surface area contributed by atoms with Crippen LogP contribution in [0.5, 0.6) is 0 Å². The van der Waals surface area contributed by atoms with Crippen molar-refractivity contribution < 1.29 is 24.8 Å². The van der Waals surface area contributed by atoms with E-state index in [0.29, 0.717) is 15.2 Å². The van der Waals surface area contributed by atoms with Gasteiger partial charge in [-0.05, 0) is 0 Å². The molecule has 0 N–H and O–H groups in total. The third kappa shape index (κ3) is 10.4. The third-order valence-electron chi connectivity index (χ3n) is 1.50. The Morgan fingerprint density at radius 2 is 1.22 bits per heavy atom. The molecule has 4 heteroatoms. The molecule has 9 heavy (non-hydrogen) atoms. The Hall–Kier alpha value is 2.37. The van der Waals surface area contributed by atoms with Crippen LogP contribution < -0.4 is 24.8 Å². The van der Waals surface area contributed by atoms with Gasteiger partial charge in [-0.15, -0.1) is 0 Å². The summed E-state index contributed by atoms with van der Waals surface area (Å²) in [6.45, 7) is 0. The van der Waals surface area contributed by atoms with Crippen molar-refractivity contribution in [2.24, 2.45) is 0 Å². The fourth-order valence-corrected chi connectivity index (χ4v) is 2.83. The fourth-order valence-electron chi connectivity index (χ4n) is 1.06. The number of rotatable bonds is 0. The Morgan fingerprint density at radius 1 is 0.778 bits per heavy atom. The van der Waals surface area contributed by atoms with E-state index >= 15 is 0 Å². The molecular weight excluding hydrogens is 198 g/mol. The minimum atomic E-state index is 0. The van der Waals surface area contributed by atoms with Gasteiger partial charge in [-0.2, -0.15) is 0 Å². The average Bonchev–Trinajstić information content (AvgIpc) is 1.72. The maximum atomic E-state index is 1.64. The van der Waals surface area contributed by atoms with Gasteiger partial charge in [-0.25, -0.2) is 0 Å². The van der Waals surface area contributed by atoms with Crippen LogP contribution in [-0.4, -0.2) is 53.0 Å². The molecule has 0 unspecified atom stereocenters. The summed E-state index contributed by atoms with van der Waals surface area (Å²) >= 11 is 0.508. The van der Waals surface area contributed by atoms with Crippen LogP contribution >= 0.6 is 0 Å². The first-order chi connectivity index (χ1) is 3.00. The van der Waals surface area contributed by atoms with Gasteiger partial charge in [0.15, 0.2) is 0 Å². The molecule has 0 nitrogen and oxygen atoms in total. The van der Waals surface area contributed by atoms with E-state index in [9.17, 15) is 0 Å². The molecule has 0 radical (unpaired) electrons. The third-order valence-corrected chi connectivity index (χ3v) is 3.50. The molecule has 0 atom stereocenters. The molecule has 1 heterocycles. The van der Waals surface area contributed by atoms with Crippen molar-refractivity contribution in [2.45, 2.75) is 29.8 Å². The SMILES string of the molecule is C1C[CH2][AlH][CH2]C1.[Ca+2].[Cl-].[Cl-]. The summed E-state index contributed by atoms with van der Waals surface area (Å²) in [5, 5.41) is 3.28. The first-order valence-electron chi connectivity index (χ1n) is 3.00. The van der Waals surface area contributed by atoms with E-state index in [1.165, 1.54) is 6.42 Å². The van der Waals surface area contributed by atoms with Gasteiger partial charge in [0.1, 0.15) is 0 Å². The first kappa shape index (κ1) is 17.5. The molecule has 0 aromatic rings. The van der Waals surface area contributed by atoms with Crippen LogP contribution in [0.2, 0.25) is 10.6 Å². The molecule has 1 saturated heterocycles. The van der Waals surface area contributed by atoms with Crippen LogP contribution in [0, 0.1) is 0 Å². The smallest absolute Gasteiger partial charge is 1.00 e. The molecule has 1 rings (SSSR count). The molecule has 0 saturated carbocycles. The van der Waals surface area contributed by atoms with Crippen LogP contribution in [0.1, 0.15) is 19.3 Å². The molecule has 1 fully saturated rings. The van der Waals surface area contributed by atoms with Crippen LogP contribution in [0.4, 0.5) is 0 Å². The molecule has 0 spiro atoms. The summed E-state index contributed by atoms with van der Waals surface area (Å²) in [7, 11) is 0. The minimum Gasteiger partial charge on any atom is -1.00 e.